The maximum Gasteiger partial charge on any atom is 0.0706 e. The van der Waals surface area contributed by atoms with Crippen molar-refractivity contribution in [2.45, 2.75) is 13.3 Å². The van der Waals surface area contributed by atoms with Gasteiger partial charge in [0.15, 0.2) is 0 Å². The summed E-state index contributed by atoms with van der Waals surface area (Å²) in [6, 6.07) is 6.34. The smallest absolute Gasteiger partial charge is 0.0706 e. The summed E-state index contributed by atoms with van der Waals surface area (Å²) in [4.78, 5) is 0. The Labute approximate surface area is 88.5 Å². The van der Waals surface area contributed by atoms with Crippen LogP contribution in [0.15, 0.2) is 24.4 Å². The van der Waals surface area contributed by atoms with E-state index in [4.69, 9.17) is 0 Å². The number of H-pyrrole nitrogens is 1. The second-order valence-corrected chi connectivity index (χ2v) is 3.94. The molecule has 0 saturated heterocycles. The van der Waals surface area contributed by atoms with Crippen LogP contribution in [0, 0.1) is 6.92 Å². The molecule has 3 heteroatoms. The summed E-state index contributed by atoms with van der Waals surface area (Å²) >= 11 is 0. The van der Waals surface area contributed by atoms with E-state index >= 15 is 0 Å². The number of aryl methyl sites for hydroxylation is 1. The van der Waals surface area contributed by atoms with Gasteiger partial charge in [-0.25, -0.2) is 0 Å². The van der Waals surface area contributed by atoms with Crippen LogP contribution < -0.4 is 5.32 Å². The SMILES string of the molecule is Cc1cccc2c1-c1[nH]ncc1CCN2. The average molecular weight is 199 g/mol. The molecule has 1 aromatic heterocycles. The van der Waals surface area contributed by atoms with Gasteiger partial charge in [0.2, 0.25) is 0 Å². The van der Waals surface area contributed by atoms with Gasteiger partial charge < -0.3 is 5.32 Å². The van der Waals surface area contributed by atoms with Crippen LogP contribution in [0.4, 0.5) is 5.69 Å². The Balaban J connectivity index is 2.32. The molecule has 76 valence electrons. The predicted molar refractivity (Wildman–Crippen MR) is 61.0 cm³/mol. The molecule has 0 unspecified atom stereocenters. The third kappa shape index (κ3) is 1.23. The van der Waals surface area contributed by atoms with Crippen LogP contribution >= 0.6 is 0 Å². The van der Waals surface area contributed by atoms with E-state index in [1.165, 1.54) is 28.1 Å². The third-order valence-corrected chi connectivity index (χ3v) is 2.95. The fourth-order valence-corrected chi connectivity index (χ4v) is 2.20. The number of rotatable bonds is 0. The first-order valence-corrected chi connectivity index (χ1v) is 5.22. The lowest BCUT2D eigenvalue weighted by Crippen LogP contribution is -2.02. The van der Waals surface area contributed by atoms with Crippen LogP contribution in [0.1, 0.15) is 11.1 Å². The molecule has 0 bridgehead atoms. The van der Waals surface area contributed by atoms with Crippen molar-refractivity contribution >= 4 is 5.69 Å². The summed E-state index contributed by atoms with van der Waals surface area (Å²) in [5, 5.41) is 10.7. The molecular formula is C12H13N3. The van der Waals surface area contributed by atoms with E-state index < -0.39 is 0 Å². The van der Waals surface area contributed by atoms with Gasteiger partial charge in [0.1, 0.15) is 0 Å². The van der Waals surface area contributed by atoms with Crippen molar-refractivity contribution in [3.05, 3.63) is 35.5 Å². The molecule has 0 spiro atoms. The Morgan fingerprint density at radius 1 is 1.33 bits per heavy atom. The number of nitrogens with one attached hydrogen (secondary N) is 2. The molecule has 0 atom stereocenters. The Kier molecular flexibility index (Phi) is 1.78. The van der Waals surface area contributed by atoms with Gasteiger partial charge in [-0.15, -0.1) is 0 Å². The highest BCUT2D eigenvalue weighted by Gasteiger charge is 2.16. The lowest BCUT2D eigenvalue weighted by Gasteiger charge is -2.09. The maximum absolute atomic E-state index is 4.13. The summed E-state index contributed by atoms with van der Waals surface area (Å²) in [5.41, 5.74) is 6.23. The zero-order valence-electron chi connectivity index (χ0n) is 8.67. The second-order valence-electron chi connectivity index (χ2n) is 3.94. The fourth-order valence-electron chi connectivity index (χ4n) is 2.20. The molecule has 2 N–H and O–H groups in total. The number of anilines is 1. The molecular weight excluding hydrogens is 186 g/mol. The molecule has 3 rings (SSSR count). The van der Waals surface area contributed by atoms with Gasteiger partial charge in [-0.3, -0.25) is 5.10 Å². The van der Waals surface area contributed by atoms with Gasteiger partial charge in [-0.1, -0.05) is 12.1 Å². The van der Waals surface area contributed by atoms with Crippen LogP contribution in [0.25, 0.3) is 11.3 Å². The van der Waals surface area contributed by atoms with Crippen LogP contribution in [0.3, 0.4) is 0 Å². The molecule has 3 nitrogen and oxygen atoms in total. The third-order valence-electron chi connectivity index (χ3n) is 2.95. The predicted octanol–water partition coefficient (Wildman–Crippen LogP) is 2.35. The number of aromatic amines is 1. The van der Waals surface area contributed by atoms with Crippen LogP contribution in [-0.4, -0.2) is 16.7 Å². The monoisotopic (exact) mass is 199 g/mol. The molecule has 0 fully saturated rings. The summed E-state index contributed by atoms with van der Waals surface area (Å²) in [6.45, 7) is 3.11. The molecule has 1 aliphatic rings. The van der Waals surface area contributed by atoms with Gasteiger partial charge >= 0.3 is 0 Å². The van der Waals surface area contributed by atoms with Crippen LogP contribution in [0.5, 0.6) is 0 Å². The minimum atomic E-state index is 0.975. The first-order valence-electron chi connectivity index (χ1n) is 5.22. The van der Waals surface area contributed by atoms with E-state index in [1.54, 1.807) is 0 Å². The molecule has 2 aromatic rings. The van der Waals surface area contributed by atoms with E-state index in [9.17, 15) is 0 Å². The summed E-state index contributed by atoms with van der Waals surface area (Å²) in [5.74, 6) is 0. The Morgan fingerprint density at radius 2 is 2.27 bits per heavy atom. The molecule has 1 aliphatic heterocycles. The normalized spacial score (nSPS) is 13.7. The van der Waals surface area contributed by atoms with Gasteiger partial charge in [-0.2, -0.15) is 5.10 Å². The number of fused-ring (bicyclic) bond motifs is 3. The minimum Gasteiger partial charge on any atom is -0.384 e. The highest BCUT2D eigenvalue weighted by molar-refractivity contribution is 5.81. The molecule has 0 amide bonds. The first kappa shape index (κ1) is 8.53. The largest absolute Gasteiger partial charge is 0.384 e. The quantitative estimate of drug-likeness (QED) is 0.683. The van der Waals surface area contributed by atoms with Crippen molar-refractivity contribution in [1.82, 2.24) is 10.2 Å². The Bertz CT molecular complexity index is 499. The molecule has 15 heavy (non-hydrogen) atoms. The molecule has 1 aromatic carbocycles. The van der Waals surface area contributed by atoms with Gasteiger partial charge in [0.25, 0.3) is 0 Å². The van der Waals surface area contributed by atoms with Crippen molar-refractivity contribution < 1.29 is 0 Å². The lowest BCUT2D eigenvalue weighted by atomic mass is 10.0. The Hall–Kier alpha value is -1.77. The minimum absolute atomic E-state index is 0.975. The number of hydrogen-bond donors (Lipinski definition) is 2. The number of hydrogen-bond acceptors (Lipinski definition) is 2. The molecule has 2 heterocycles. The van der Waals surface area contributed by atoms with Crippen molar-refractivity contribution in [3.63, 3.8) is 0 Å². The highest BCUT2D eigenvalue weighted by Crippen LogP contribution is 2.34. The average Bonchev–Trinajstić information content (AvgIpc) is 2.60. The van der Waals surface area contributed by atoms with Crippen molar-refractivity contribution in [2.75, 3.05) is 11.9 Å². The standard InChI is InChI=1S/C12H13N3/c1-8-3-2-4-10-11(8)12-9(5-6-13-10)7-14-15-12/h2-4,7,13H,5-6H2,1H3,(H,14,15). The lowest BCUT2D eigenvalue weighted by molar-refractivity contribution is 1.03. The zero-order chi connectivity index (χ0) is 10.3. The number of aromatic nitrogens is 2. The molecule has 0 aliphatic carbocycles. The number of benzene rings is 1. The maximum atomic E-state index is 4.13. The molecule has 0 saturated carbocycles. The van der Waals surface area contributed by atoms with E-state index in [-0.39, 0.29) is 0 Å². The van der Waals surface area contributed by atoms with Crippen molar-refractivity contribution in [1.29, 1.82) is 0 Å². The first-order chi connectivity index (χ1) is 7.36. The van der Waals surface area contributed by atoms with Crippen LogP contribution in [0.2, 0.25) is 0 Å². The zero-order valence-corrected chi connectivity index (χ0v) is 8.67. The van der Waals surface area contributed by atoms with E-state index in [0.717, 1.165) is 13.0 Å². The number of nitrogens with zero attached hydrogens (tertiary/aromatic N) is 1. The van der Waals surface area contributed by atoms with Crippen molar-refractivity contribution in [3.8, 4) is 11.3 Å². The van der Waals surface area contributed by atoms with Gasteiger partial charge in [-0.05, 0) is 30.5 Å². The summed E-state index contributed by atoms with van der Waals surface area (Å²) < 4.78 is 0. The summed E-state index contributed by atoms with van der Waals surface area (Å²) in [6.07, 6.45) is 2.96. The molecule has 0 radical (unpaired) electrons. The Morgan fingerprint density at radius 3 is 3.20 bits per heavy atom. The van der Waals surface area contributed by atoms with Gasteiger partial charge in [0, 0.05) is 17.8 Å². The van der Waals surface area contributed by atoms with Crippen molar-refractivity contribution in [2.24, 2.45) is 0 Å². The highest BCUT2D eigenvalue weighted by atomic mass is 15.1. The van der Waals surface area contributed by atoms with E-state index in [2.05, 4.69) is 40.6 Å². The van der Waals surface area contributed by atoms with Crippen LogP contribution in [-0.2, 0) is 6.42 Å². The summed E-state index contributed by atoms with van der Waals surface area (Å²) in [7, 11) is 0. The van der Waals surface area contributed by atoms with Gasteiger partial charge in [0.05, 0.1) is 11.9 Å². The second kappa shape index (κ2) is 3.12. The topological polar surface area (TPSA) is 40.7 Å². The fraction of sp³-hybridized carbons (Fsp3) is 0.250. The van der Waals surface area contributed by atoms with E-state index in [1.807, 2.05) is 6.20 Å². The van der Waals surface area contributed by atoms with E-state index in [0.29, 0.717) is 0 Å².